The van der Waals surface area contributed by atoms with Crippen LogP contribution in [-0.2, 0) is 9.53 Å². The standard InChI is InChI=1S/C16H24N2O2/c1-11(14-9-12-2-3-13(14)8-12)18-15(19)16(10-17)4-6-20-7-5-16/h11-14H,2-9H2,1H3,(H,18,19). The third kappa shape index (κ3) is 2.33. The Hall–Kier alpha value is -1.08. The van der Waals surface area contributed by atoms with Gasteiger partial charge in [0.15, 0.2) is 0 Å². The van der Waals surface area contributed by atoms with Crippen molar-refractivity contribution >= 4 is 5.91 Å². The minimum Gasteiger partial charge on any atom is -0.381 e. The van der Waals surface area contributed by atoms with Crippen LogP contribution in [0.2, 0.25) is 0 Å². The summed E-state index contributed by atoms with van der Waals surface area (Å²) in [6.45, 7) is 3.15. The maximum absolute atomic E-state index is 12.5. The molecule has 2 saturated carbocycles. The molecule has 1 aliphatic heterocycles. The van der Waals surface area contributed by atoms with Gasteiger partial charge in [-0.1, -0.05) is 6.42 Å². The second-order valence-electron chi connectivity index (χ2n) is 6.91. The highest BCUT2D eigenvalue weighted by Gasteiger charge is 2.45. The highest BCUT2D eigenvalue weighted by Crippen LogP contribution is 2.49. The molecule has 3 rings (SSSR count). The lowest BCUT2D eigenvalue weighted by Gasteiger charge is -2.34. The van der Waals surface area contributed by atoms with Crippen molar-refractivity contribution in [3.05, 3.63) is 0 Å². The lowest BCUT2D eigenvalue weighted by Crippen LogP contribution is -2.49. The third-order valence-electron chi connectivity index (χ3n) is 5.79. The number of nitrogens with one attached hydrogen (secondary N) is 1. The van der Waals surface area contributed by atoms with Gasteiger partial charge in [-0.25, -0.2) is 0 Å². The number of rotatable bonds is 3. The van der Waals surface area contributed by atoms with Crippen LogP contribution in [-0.4, -0.2) is 25.2 Å². The van der Waals surface area contributed by atoms with Gasteiger partial charge in [0.25, 0.3) is 0 Å². The molecule has 4 unspecified atom stereocenters. The van der Waals surface area contributed by atoms with Crippen LogP contribution in [0.3, 0.4) is 0 Å². The van der Waals surface area contributed by atoms with Crippen LogP contribution >= 0.6 is 0 Å². The number of hydrogen-bond acceptors (Lipinski definition) is 3. The van der Waals surface area contributed by atoms with Gasteiger partial charge in [-0.05, 0) is 56.8 Å². The van der Waals surface area contributed by atoms with E-state index in [-0.39, 0.29) is 11.9 Å². The molecule has 1 heterocycles. The fourth-order valence-electron chi connectivity index (χ4n) is 4.47. The van der Waals surface area contributed by atoms with Gasteiger partial charge < -0.3 is 10.1 Å². The summed E-state index contributed by atoms with van der Waals surface area (Å²) in [6, 6.07) is 2.45. The predicted molar refractivity (Wildman–Crippen MR) is 74.6 cm³/mol. The van der Waals surface area contributed by atoms with Crippen LogP contribution < -0.4 is 5.32 Å². The van der Waals surface area contributed by atoms with Crippen molar-refractivity contribution in [2.45, 2.75) is 51.5 Å². The zero-order chi connectivity index (χ0) is 14.2. The van der Waals surface area contributed by atoms with Crippen molar-refractivity contribution in [3.63, 3.8) is 0 Å². The Morgan fingerprint density at radius 3 is 2.65 bits per heavy atom. The highest BCUT2D eigenvalue weighted by molar-refractivity contribution is 5.85. The Morgan fingerprint density at radius 2 is 2.10 bits per heavy atom. The Labute approximate surface area is 120 Å². The minimum absolute atomic E-state index is 0.0708. The second kappa shape index (κ2) is 5.37. The second-order valence-corrected chi connectivity index (χ2v) is 6.91. The fraction of sp³-hybridized carbons (Fsp3) is 0.875. The first-order chi connectivity index (χ1) is 9.64. The van der Waals surface area contributed by atoms with E-state index in [0.29, 0.717) is 32.0 Å². The molecule has 3 aliphatic rings. The zero-order valence-electron chi connectivity index (χ0n) is 12.2. The van der Waals surface area contributed by atoms with Crippen molar-refractivity contribution < 1.29 is 9.53 Å². The van der Waals surface area contributed by atoms with Crippen LogP contribution in [0.25, 0.3) is 0 Å². The van der Waals surface area contributed by atoms with Crippen LogP contribution in [0, 0.1) is 34.5 Å². The maximum Gasteiger partial charge on any atom is 0.240 e. The first-order valence-corrected chi connectivity index (χ1v) is 7.94. The Morgan fingerprint density at radius 1 is 1.35 bits per heavy atom. The molecule has 1 N–H and O–H groups in total. The average molecular weight is 276 g/mol. The molecular weight excluding hydrogens is 252 g/mol. The molecular formula is C16H24N2O2. The molecule has 20 heavy (non-hydrogen) atoms. The van der Waals surface area contributed by atoms with E-state index in [2.05, 4.69) is 18.3 Å². The van der Waals surface area contributed by atoms with Crippen molar-refractivity contribution in [2.24, 2.45) is 23.2 Å². The fourth-order valence-corrected chi connectivity index (χ4v) is 4.47. The van der Waals surface area contributed by atoms with Gasteiger partial charge in [-0.2, -0.15) is 5.26 Å². The molecule has 1 saturated heterocycles. The maximum atomic E-state index is 12.5. The first-order valence-electron chi connectivity index (χ1n) is 7.94. The molecule has 2 bridgehead atoms. The summed E-state index contributed by atoms with van der Waals surface area (Å²) >= 11 is 0. The molecule has 0 aromatic carbocycles. The first kappa shape index (κ1) is 13.9. The summed E-state index contributed by atoms with van der Waals surface area (Å²) in [5.41, 5.74) is -0.857. The van der Waals surface area contributed by atoms with Crippen molar-refractivity contribution in [1.29, 1.82) is 5.26 Å². The molecule has 0 radical (unpaired) electrons. The highest BCUT2D eigenvalue weighted by atomic mass is 16.5. The van der Waals surface area contributed by atoms with Crippen LogP contribution in [0.15, 0.2) is 0 Å². The number of amides is 1. The van der Waals surface area contributed by atoms with Crippen molar-refractivity contribution in [3.8, 4) is 6.07 Å². The number of carbonyl (C=O) groups excluding carboxylic acids is 1. The van der Waals surface area contributed by atoms with Crippen LogP contribution in [0.4, 0.5) is 0 Å². The van der Waals surface area contributed by atoms with Gasteiger partial charge in [0, 0.05) is 19.3 Å². The lowest BCUT2D eigenvalue weighted by molar-refractivity contribution is -0.133. The number of carbonyl (C=O) groups is 1. The summed E-state index contributed by atoms with van der Waals surface area (Å²) in [7, 11) is 0. The summed E-state index contributed by atoms with van der Waals surface area (Å²) in [4.78, 5) is 12.5. The molecule has 3 fully saturated rings. The number of hydrogen-bond donors (Lipinski definition) is 1. The molecule has 0 aromatic heterocycles. The quantitative estimate of drug-likeness (QED) is 0.860. The molecule has 0 spiro atoms. The number of fused-ring (bicyclic) bond motifs is 2. The SMILES string of the molecule is CC(NC(=O)C1(C#N)CCOCC1)C1CC2CCC1C2. The van der Waals surface area contributed by atoms with E-state index < -0.39 is 5.41 Å². The van der Waals surface area contributed by atoms with Gasteiger partial charge in [0.2, 0.25) is 5.91 Å². The predicted octanol–water partition coefficient (Wildman–Crippen LogP) is 2.25. The number of nitrogens with zero attached hydrogens (tertiary/aromatic N) is 1. The van der Waals surface area contributed by atoms with E-state index in [9.17, 15) is 10.1 Å². The molecule has 4 atom stereocenters. The molecule has 4 nitrogen and oxygen atoms in total. The van der Waals surface area contributed by atoms with E-state index in [4.69, 9.17) is 4.74 Å². The van der Waals surface area contributed by atoms with Gasteiger partial charge in [0.05, 0.1) is 6.07 Å². The Kier molecular flexibility index (Phi) is 3.72. The summed E-state index contributed by atoms with van der Waals surface area (Å²) < 4.78 is 5.29. The zero-order valence-corrected chi connectivity index (χ0v) is 12.2. The monoisotopic (exact) mass is 276 g/mol. The van der Waals surface area contributed by atoms with Gasteiger partial charge in [-0.15, -0.1) is 0 Å². The van der Waals surface area contributed by atoms with E-state index in [1.54, 1.807) is 0 Å². The number of nitriles is 1. The third-order valence-corrected chi connectivity index (χ3v) is 5.79. The smallest absolute Gasteiger partial charge is 0.240 e. The van der Waals surface area contributed by atoms with E-state index in [1.807, 2.05) is 0 Å². The van der Waals surface area contributed by atoms with Crippen LogP contribution in [0.5, 0.6) is 0 Å². The van der Waals surface area contributed by atoms with Crippen LogP contribution in [0.1, 0.15) is 45.4 Å². The molecule has 0 aromatic rings. The summed E-state index contributed by atoms with van der Waals surface area (Å²) in [6.07, 6.45) is 6.36. The summed E-state index contributed by atoms with van der Waals surface area (Å²) in [5.74, 6) is 2.23. The Bertz CT molecular complexity index is 423. The van der Waals surface area contributed by atoms with Gasteiger partial charge in [0.1, 0.15) is 5.41 Å². The number of ether oxygens (including phenoxy) is 1. The van der Waals surface area contributed by atoms with Crippen molar-refractivity contribution in [1.82, 2.24) is 5.32 Å². The van der Waals surface area contributed by atoms with E-state index in [0.717, 1.165) is 11.8 Å². The molecule has 4 heteroatoms. The summed E-state index contributed by atoms with van der Waals surface area (Å²) in [5, 5.41) is 12.6. The minimum atomic E-state index is -0.857. The van der Waals surface area contributed by atoms with Crippen molar-refractivity contribution in [2.75, 3.05) is 13.2 Å². The molecule has 1 amide bonds. The lowest BCUT2D eigenvalue weighted by atomic mass is 9.79. The average Bonchev–Trinajstić information content (AvgIpc) is 3.10. The van der Waals surface area contributed by atoms with Gasteiger partial charge in [-0.3, -0.25) is 4.79 Å². The van der Waals surface area contributed by atoms with E-state index >= 15 is 0 Å². The Balaban J connectivity index is 1.62. The molecule has 2 aliphatic carbocycles. The largest absolute Gasteiger partial charge is 0.381 e. The topological polar surface area (TPSA) is 62.1 Å². The van der Waals surface area contributed by atoms with E-state index in [1.165, 1.54) is 25.7 Å². The normalized spacial score (nSPS) is 36.3. The van der Waals surface area contributed by atoms with Gasteiger partial charge >= 0.3 is 0 Å². The molecule has 110 valence electrons.